The van der Waals surface area contributed by atoms with Gasteiger partial charge in [-0.2, -0.15) is 0 Å². The number of sulfonamides is 1. The number of nitrogens with two attached hydrogens (primary N) is 1. The maximum atomic E-state index is 12.2. The topological polar surface area (TPSA) is 85.1 Å². The highest BCUT2D eigenvalue weighted by molar-refractivity contribution is 7.89. The van der Waals surface area contributed by atoms with Gasteiger partial charge in [-0.1, -0.05) is 17.9 Å². The van der Waals surface area contributed by atoms with Crippen molar-refractivity contribution in [3.63, 3.8) is 0 Å². The SMILES string of the molecule is Cc1nc(CNS(=O)(=O)c2cccc(C#CCN)c2)cs1. The molecular formula is C14H15N3O2S2. The van der Waals surface area contributed by atoms with Crippen molar-refractivity contribution in [2.75, 3.05) is 6.54 Å². The van der Waals surface area contributed by atoms with E-state index in [4.69, 9.17) is 5.73 Å². The zero-order valence-corrected chi connectivity index (χ0v) is 13.1. The predicted octanol–water partition coefficient (Wildman–Crippen LogP) is 1.24. The summed E-state index contributed by atoms with van der Waals surface area (Å²) in [6.45, 7) is 2.28. The van der Waals surface area contributed by atoms with Crippen LogP contribution < -0.4 is 10.5 Å². The second kappa shape index (κ2) is 6.83. The van der Waals surface area contributed by atoms with Crippen molar-refractivity contribution in [1.82, 2.24) is 9.71 Å². The molecule has 5 nitrogen and oxygen atoms in total. The summed E-state index contributed by atoms with van der Waals surface area (Å²) in [5.41, 5.74) is 6.63. The van der Waals surface area contributed by atoms with Crippen molar-refractivity contribution in [3.05, 3.63) is 45.9 Å². The fourth-order valence-electron chi connectivity index (χ4n) is 1.64. The van der Waals surface area contributed by atoms with Crippen LogP contribution in [0.15, 0.2) is 34.5 Å². The van der Waals surface area contributed by atoms with Crippen molar-refractivity contribution in [2.24, 2.45) is 5.73 Å². The van der Waals surface area contributed by atoms with Crippen LogP contribution >= 0.6 is 11.3 Å². The first-order valence-corrected chi connectivity index (χ1v) is 8.57. The monoisotopic (exact) mass is 321 g/mol. The van der Waals surface area contributed by atoms with Crippen molar-refractivity contribution in [3.8, 4) is 11.8 Å². The molecule has 2 rings (SSSR count). The van der Waals surface area contributed by atoms with Gasteiger partial charge >= 0.3 is 0 Å². The molecule has 21 heavy (non-hydrogen) atoms. The number of nitrogens with one attached hydrogen (secondary N) is 1. The maximum absolute atomic E-state index is 12.2. The fourth-order valence-corrected chi connectivity index (χ4v) is 3.29. The molecule has 0 spiro atoms. The largest absolute Gasteiger partial charge is 0.320 e. The molecule has 1 aromatic carbocycles. The quantitative estimate of drug-likeness (QED) is 0.830. The summed E-state index contributed by atoms with van der Waals surface area (Å²) >= 11 is 1.49. The molecule has 0 atom stereocenters. The molecule has 1 aromatic heterocycles. The number of hydrogen-bond donors (Lipinski definition) is 2. The fraction of sp³-hybridized carbons (Fsp3) is 0.214. The first kappa shape index (κ1) is 15.7. The Hall–Kier alpha value is -1.72. The highest BCUT2D eigenvalue weighted by Crippen LogP contribution is 2.13. The van der Waals surface area contributed by atoms with Crippen molar-refractivity contribution in [2.45, 2.75) is 18.4 Å². The van der Waals surface area contributed by atoms with E-state index in [0.29, 0.717) is 11.3 Å². The Kier molecular flexibility index (Phi) is 5.09. The minimum absolute atomic E-state index is 0.172. The summed E-state index contributed by atoms with van der Waals surface area (Å²) < 4.78 is 27.0. The molecule has 0 amide bonds. The van der Waals surface area contributed by atoms with Gasteiger partial charge in [0.05, 0.1) is 28.7 Å². The Morgan fingerprint density at radius 3 is 2.90 bits per heavy atom. The van der Waals surface area contributed by atoms with Crippen molar-refractivity contribution >= 4 is 21.4 Å². The Bertz CT molecular complexity index is 786. The standard InChI is InChI=1S/C14H15N3O2S2/c1-11-17-13(10-20-11)9-16-21(18,19)14-6-2-4-12(8-14)5-3-7-15/h2,4,6,8,10,16H,7,9,15H2,1H3. The number of nitrogens with zero attached hydrogens (tertiary/aromatic N) is 1. The van der Waals surface area contributed by atoms with Gasteiger partial charge in [0.25, 0.3) is 0 Å². The van der Waals surface area contributed by atoms with Gasteiger partial charge in [0.2, 0.25) is 10.0 Å². The van der Waals surface area contributed by atoms with Crippen LogP contribution in [0, 0.1) is 18.8 Å². The third kappa shape index (κ3) is 4.37. The Morgan fingerprint density at radius 2 is 2.24 bits per heavy atom. The van der Waals surface area contributed by atoms with Gasteiger partial charge in [0.15, 0.2) is 0 Å². The van der Waals surface area contributed by atoms with Crippen LogP contribution in [0.1, 0.15) is 16.3 Å². The van der Waals surface area contributed by atoms with Crippen molar-refractivity contribution < 1.29 is 8.42 Å². The summed E-state index contributed by atoms with van der Waals surface area (Å²) in [5, 5.41) is 2.74. The van der Waals surface area contributed by atoms with Gasteiger partial charge in [0, 0.05) is 10.9 Å². The predicted molar refractivity (Wildman–Crippen MR) is 83.3 cm³/mol. The lowest BCUT2D eigenvalue weighted by atomic mass is 10.2. The second-order valence-electron chi connectivity index (χ2n) is 4.22. The first-order valence-electron chi connectivity index (χ1n) is 6.21. The van der Waals surface area contributed by atoms with Crippen LogP contribution in [-0.4, -0.2) is 19.9 Å². The van der Waals surface area contributed by atoms with E-state index in [9.17, 15) is 8.42 Å². The molecule has 1 heterocycles. The zero-order chi connectivity index (χ0) is 15.3. The molecule has 0 unspecified atom stereocenters. The molecule has 0 saturated heterocycles. The molecule has 0 bridgehead atoms. The molecule has 3 N–H and O–H groups in total. The van der Waals surface area contributed by atoms with Crippen LogP contribution in [0.2, 0.25) is 0 Å². The van der Waals surface area contributed by atoms with E-state index in [0.717, 1.165) is 5.01 Å². The van der Waals surface area contributed by atoms with E-state index in [1.165, 1.54) is 23.5 Å². The number of thiazole rings is 1. The second-order valence-corrected chi connectivity index (χ2v) is 7.05. The first-order chi connectivity index (χ1) is 10.0. The normalized spacial score (nSPS) is 11.0. The van der Waals surface area contributed by atoms with E-state index >= 15 is 0 Å². The van der Waals surface area contributed by atoms with E-state index in [-0.39, 0.29) is 18.0 Å². The Balaban J connectivity index is 2.15. The van der Waals surface area contributed by atoms with Gasteiger partial charge in [-0.25, -0.2) is 18.1 Å². The molecule has 0 aliphatic carbocycles. The average molecular weight is 321 g/mol. The van der Waals surface area contributed by atoms with Gasteiger partial charge < -0.3 is 5.73 Å². The molecule has 0 radical (unpaired) electrons. The van der Waals surface area contributed by atoms with E-state index in [1.54, 1.807) is 12.1 Å². The van der Waals surface area contributed by atoms with Crippen molar-refractivity contribution in [1.29, 1.82) is 0 Å². The van der Waals surface area contributed by atoms with Gasteiger partial charge in [-0.05, 0) is 25.1 Å². The molecular weight excluding hydrogens is 306 g/mol. The van der Waals surface area contributed by atoms with Gasteiger partial charge in [0.1, 0.15) is 0 Å². The lowest BCUT2D eigenvalue weighted by molar-refractivity contribution is 0.580. The van der Waals surface area contributed by atoms with E-state index in [1.807, 2.05) is 12.3 Å². The molecule has 0 fully saturated rings. The Labute approximate surface area is 128 Å². The smallest absolute Gasteiger partial charge is 0.240 e. The highest BCUT2D eigenvalue weighted by atomic mass is 32.2. The number of aryl methyl sites for hydroxylation is 1. The highest BCUT2D eigenvalue weighted by Gasteiger charge is 2.14. The number of aromatic nitrogens is 1. The van der Waals surface area contributed by atoms with Crippen LogP contribution in [-0.2, 0) is 16.6 Å². The number of benzene rings is 1. The molecule has 0 aliphatic heterocycles. The zero-order valence-electron chi connectivity index (χ0n) is 11.5. The third-order valence-electron chi connectivity index (χ3n) is 2.59. The van der Waals surface area contributed by atoms with E-state index < -0.39 is 10.0 Å². The molecule has 2 aromatic rings. The average Bonchev–Trinajstić information content (AvgIpc) is 2.89. The van der Waals surface area contributed by atoms with Gasteiger partial charge in [-0.3, -0.25) is 0 Å². The molecule has 0 aliphatic rings. The lowest BCUT2D eigenvalue weighted by Gasteiger charge is -2.05. The van der Waals surface area contributed by atoms with Crippen LogP contribution in [0.4, 0.5) is 0 Å². The summed E-state index contributed by atoms with van der Waals surface area (Å²) in [5.74, 6) is 5.51. The molecule has 7 heteroatoms. The number of hydrogen-bond acceptors (Lipinski definition) is 5. The molecule has 0 saturated carbocycles. The number of rotatable bonds is 4. The molecule has 110 valence electrons. The minimum Gasteiger partial charge on any atom is -0.320 e. The maximum Gasteiger partial charge on any atom is 0.240 e. The minimum atomic E-state index is -3.58. The third-order valence-corrected chi connectivity index (χ3v) is 4.81. The van der Waals surface area contributed by atoms with Gasteiger partial charge in [-0.15, -0.1) is 11.3 Å². The van der Waals surface area contributed by atoms with E-state index in [2.05, 4.69) is 21.5 Å². The Morgan fingerprint density at radius 1 is 1.43 bits per heavy atom. The summed E-state index contributed by atoms with van der Waals surface area (Å²) in [4.78, 5) is 4.40. The lowest BCUT2D eigenvalue weighted by Crippen LogP contribution is -2.23. The summed E-state index contributed by atoms with van der Waals surface area (Å²) in [6, 6.07) is 6.45. The van der Waals surface area contributed by atoms with Crippen LogP contribution in [0.5, 0.6) is 0 Å². The summed E-state index contributed by atoms with van der Waals surface area (Å²) in [6.07, 6.45) is 0. The van der Waals surface area contributed by atoms with Crippen LogP contribution in [0.25, 0.3) is 0 Å². The summed E-state index contributed by atoms with van der Waals surface area (Å²) in [7, 11) is -3.58. The van der Waals surface area contributed by atoms with Crippen LogP contribution in [0.3, 0.4) is 0 Å².